The summed E-state index contributed by atoms with van der Waals surface area (Å²) in [6.45, 7) is 3.60. The summed E-state index contributed by atoms with van der Waals surface area (Å²) in [5.41, 5.74) is 2.73. The normalized spacial score (nSPS) is 12.0. The van der Waals surface area contributed by atoms with Gasteiger partial charge in [0, 0.05) is 16.0 Å². The molecule has 4 aromatic rings. The highest BCUT2D eigenvalue weighted by Gasteiger charge is 2.17. The van der Waals surface area contributed by atoms with Crippen LogP contribution in [0, 0.1) is 6.92 Å². The Hall–Kier alpha value is -2.89. The van der Waals surface area contributed by atoms with Crippen molar-refractivity contribution in [3.63, 3.8) is 0 Å². The third-order valence-electron chi connectivity index (χ3n) is 4.59. The Morgan fingerprint density at radius 2 is 1.90 bits per heavy atom. The number of halogens is 1. The van der Waals surface area contributed by atoms with Crippen LogP contribution in [0.2, 0.25) is 5.02 Å². The van der Waals surface area contributed by atoms with Gasteiger partial charge in [-0.1, -0.05) is 48.0 Å². The molecule has 4 rings (SSSR count). The van der Waals surface area contributed by atoms with Gasteiger partial charge in [0.2, 0.25) is 0 Å². The van der Waals surface area contributed by atoms with Gasteiger partial charge in [-0.15, -0.1) is 11.3 Å². The highest BCUT2D eigenvalue weighted by Crippen LogP contribution is 2.28. The molecule has 0 aliphatic rings. The molecule has 0 bridgehead atoms. The van der Waals surface area contributed by atoms with Gasteiger partial charge in [0.1, 0.15) is 5.75 Å². The average molecular weight is 423 g/mol. The predicted molar refractivity (Wildman–Crippen MR) is 120 cm³/mol. The Labute approximate surface area is 178 Å². The van der Waals surface area contributed by atoms with E-state index in [0.717, 1.165) is 22.2 Å². The minimum atomic E-state index is -0.664. The Morgan fingerprint density at radius 1 is 1.10 bits per heavy atom. The first-order valence-corrected chi connectivity index (χ1v) is 10.4. The van der Waals surface area contributed by atoms with Gasteiger partial charge in [-0.3, -0.25) is 10.1 Å². The quantitative estimate of drug-likeness (QED) is 0.408. The van der Waals surface area contributed by atoms with Crippen LogP contribution in [-0.4, -0.2) is 17.0 Å². The number of hydrogen-bond donors (Lipinski definition) is 1. The van der Waals surface area contributed by atoms with Gasteiger partial charge < -0.3 is 4.74 Å². The number of fused-ring (bicyclic) bond motifs is 1. The van der Waals surface area contributed by atoms with Crippen molar-refractivity contribution < 1.29 is 9.53 Å². The molecule has 3 aromatic carbocycles. The zero-order valence-corrected chi connectivity index (χ0v) is 17.6. The first-order chi connectivity index (χ1) is 14.0. The second kappa shape index (κ2) is 8.23. The second-order valence-electron chi connectivity index (χ2n) is 6.76. The molecule has 0 fully saturated rings. The van der Waals surface area contributed by atoms with E-state index in [1.54, 1.807) is 25.1 Å². The molecule has 0 spiro atoms. The fourth-order valence-electron chi connectivity index (χ4n) is 3.01. The molecule has 146 valence electrons. The number of nitrogens with one attached hydrogen (secondary N) is 1. The molecule has 1 unspecified atom stereocenters. The molecule has 1 heterocycles. The number of ether oxygens (including phenoxy) is 1. The number of aromatic nitrogens is 1. The molecule has 29 heavy (non-hydrogen) atoms. The van der Waals surface area contributed by atoms with Crippen LogP contribution >= 0.6 is 22.9 Å². The van der Waals surface area contributed by atoms with E-state index in [2.05, 4.69) is 34.6 Å². The number of aryl methyl sites for hydroxylation is 1. The summed E-state index contributed by atoms with van der Waals surface area (Å²) in [7, 11) is 0. The number of thiazole rings is 1. The van der Waals surface area contributed by atoms with Crippen LogP contribution in [0.5, 0.6) is 5.75 Å². The molecular weight excluding hydrogens is 404 g/mol. The largest absolute Gasteiger partial charge is 0.481 e. The first kappa shape index (κ1) is 19.4. The molecule has 0 radical (unpaired) electrons. The van der Waals surface area contributed by atoms with Crippen molar-refractivity contribution in [2.75, 3.05) is 5.32 Å². The lowest BCUT2D eigenvalue weighted by atomic mass is 10.1. The van der Waals surface area contributed by atoms with Gasteiger partial charge in [0.25, 0.3) is 5.91 Å². The number of anilines is 1. The van der Waals surface area contributed by atoms with Crippen molar-refractivity contribution in [3.05, 3.63) is 76.6 Å². The smallest absolute Gasteiger partial charge is 0.266 e. The monoisotopic (exact) mass is 422 g/mol. The van der Waals surface area contributed by atoms with Crippen LogP contribution in [0.25, 0.3) is 22.0 Å². The van der Waals surface area contributed by atoms with E-state index in [9.17, 15) is 4.79 Å². The second-order valence-corrected chi connectivity index (χ2v) is 8.05. The summed E-state index contributed by atoms with van der Waals surface area (Å²) in [6.07, 6.45) is -0.664. The average Bonchev–Trinajstić information content (AvgIpc) is 3.18. The Balaban J connectivity index is 1.45. The summed E-state index contributed by atoms with van der Waals surface area (Å²) in [5, 5.41) is 8.29. The molecule has 0 aliphatic carbocycles. The zero-order chi connectivity index (χ0) is 20.4. The van der Waals surface area contributed by atoms with Crippen molar-refractivity contribution >= 4 is 44.7 Å². The third-order valence-corrected chi connectivity index (χ3v) is 5.58. The van der Waals surface area contributed by atoms with E-state index < -0.39 is 6.10 Å². The highest BCUT2D eigenvalue weighted by atomic mass is 35.5. The number of nitrogens with zero attached hydrogens (tertiary/aromatic N) is 1. The van der Waals surface area contributed by atoms with Crippen molar-refractivity contribution in [1.29, 1.82) is 0 Å². The van der Waals surface area contributed by atoms with E-state index in [4.69, 9.17) is 16.3 Å². The molecule has 4 nitrogen and oxygen atoms in total. The van der Waals surface area contributed by atoms with Gasteiger partial charge in [0.15, 0.2) is 11.2 Å². The molecule has 1 N–H and O–H groups in total. The maximum atomic E-state index is 12.5. The van der Waals surface area contributed by atoms with E-state index >= 15 is 0 Å². The summed E-state index contributed by atoms with van der Waals surface area (Å²) in [4.78, 5) is 17.1. The summed E-state index contributed by atoms with van der Waals surface area (Å²) >= 11 is 7.36. The highest BCUT2D eigenvalue weighted by molar-refractivity contribution is 7.14. The summed E-state index contributed by atoms with van der Waals surface area (Å²) < 4.78 is 5.78. The topological polar surface area (TPSA) is 51.2 Å². The van der Waals surface area contributed by atoms with Crippen LogP contribution in [0.1, 0.15) is 12.5 Å². The minimum absolute atomic E-state index is 0.251. The van der Waals surface area contributed by atoms with Crippen molar-refractivity contribution in [1.82, 2.24) is 4.98 Å². The Morgan fingerprint density at radius 3 is 2.69 bits per heavy atom. The molecule has 1 aromatic heterocycles. The number of carbonyl (C=O) groups excluding carboxylic acids is 1. The van der Waals surface area contributed by atoms with Crippen molar-refractivity contribution in [3.8, 4) is 17.0 Å². The van der Waals surface area contributed by atoms with E-state index in [-0.39, 0.29) is 5.91 Å². The first-order valence-electron chi connectivity index (χ1n) is 9.18. The Bertz CT molecular complexity index is 1190. The number of benzene rings is 3. The molecular formula is C23H19ClN2O2S. The van der Waals surface area contributed by atoms with Crippen molar-refractivity contribution in [2.45, 2.75) is 20.0 Å². The van der Waals surface area contributed by atoms with Crippen LogP contribution < -0.4 is 10.1 Å². The maximum absolute atomic E-state index is 12.5. The predicted octanol–water partition coefficient (Wildman–Crippen LogP) is 6.33. The molecule has 1 amide bonds. The Kier molecular flexibility index (Phi) is 5.51. The molecule has 1 atom stereocenters. The summed E-state index contributed by atoms with van der Waals surface area (Å²) in [5.74, 6) is 0.381. The maximum Gasteiger partial charge on any atom is 0.266 e. The lowest BCUT2D eigenvalue weighted by Gasteiger charge is -2.15. The van der Waals surface area contributed by atoms with E-state index in [1.165, 1.54) is 16.7 Å². The van der Waals surface area contributed by atoms with Crippen LogP contribution in [0.3, 0.4) is 0 Å². The van der Waals surface area contributed by atoms with E-state index in [1.807, 2.05) is 30.5 Å². The fraction of sp³-hybridized carbons (Fsp3) is 0.130. The van der Waals surface area contributed by atoms with Gasteiger partial charge in [0.05, 0.1) is 5.69 Å². The molecule has 6 heteroatoms. The molecule has 0 aliphatic heterocycles. The third kappa shape index (κ3) is 4.42. The lowest BCUT2D eigenvalue weighted by molar-refractivity contribution is -0.122. The molecule has 0 saturated carbocycles. The number of amides is 1. The van der Waals surface area contributed by atoms with Crippen molar-refractivity contribution in [2.24, 2.45) is 0 Å². The minimum Gasteiger partial charge on any atom is -0.481 e. The lowest BCUT2D eigenvalue weighted by Crippen LogP contribution is -2.30. The van der Waals surface area contributed by atoms with Crippen LogP contribution in [-0.2, 0) is 4.79 Å². The number of carbonyl (C=O) groups is 1. The van der Waals surface area contributed by atoms with Gasteiger partial charge in [-0.2, -0.15) is 0 Å². The van der Waals surface area contributed by atoms with Crippen LogP contribution in [0.15, 0.2) is 66.0 Å². The van der Waals surface area contributed by atoms with Gasteiger partial charge in [-0.05, 0) is 54.4 Å². The standard InChI is InChI=1S/C23H19ClN2O2S/c1-14-11-19(24)9-10-21(14)28-15(2)22(27)26-23-25-20(13-29-23)18-8-7-16-5-3-4-6-17(16)12-18/h3-13,15H,1-2H3,(H,25,26,27). The zero-order valence-electron chi connectivity index (χ0n) is 16.0. The van der Waals surface area contributed by atoms with E-state index in [0.29, 0.717) is 15.9 Å². The molecule has 0 saturated heterocycles. The van der Waals surface area contributed by atoms with Gasteiger partial charge in [-0.25, -0.2) is 4.98 Å². The van der Waals surface area contributed by atoms with Gasteiger partial charge >= 0.3 is 0 Å². The fourth-order valence-corrected chi connectivity index (χ4v) is 3.96. The van der Waals surface area contributed by atoms with Crippen LogP contribution in [0.4, 0.5) is 5.13 Å². The number of rotatable bonds is 5. The number of hydrogen-bond acceptors (Lipinski definition) is 4. The summed E-state index contributed by atoms with van der Waals surface area (Å²) in [6, 6.07) is 19.7. The SMILES string of the molecule is Cc1cc(Cl)ccc1OC(C)C(=O)Nc1nc(-c2ccc3ccccc3c2)cs1.